The summed E-state index contributed by atoms with van der Waals surface area (Å²) in [4.78, 5) is 13.2. The Bertz CT molecular complexity index is 1350. The number of aromatic nitrogens is 2. The van der Waals surface area contributed by atoms with Gasteiger partial charge in [-0.2, -0.15) is 0 Å². The number of carbonyl (C=O) groups is 1. The highest BCUT2D eigenvalue weighted by molar-refractivity contribution is 7.90. The third-order valence-corrected chi connectivity index (χ3v) is 8.12. The summed E-state index contributed by atoms with van der Waals surface area (Å²) >= 11 is 1.51. The van der Waals surface area contributed by atoms with E-state index in [1.807, 2.05) is 51.1 Å². The fourth-order valence-corrected chi connectivity index (χ4v) is 6.38. The Balaban J connectivity index is 1.57. The van der Waals surface area contributed by atoms with Crippen molar-refractivity contribution in [3.05, 3.63) is 53.1 Å². The summed E-state index contributed by atoms with van der Waals surface area (Å²) < 4.78 is 33.6. The van der Waals surface area contributed by atoms with E-state index in [4.69, 9.17) is 4.74 Å². The minimum Gasteiger partial charge on any atom is -0.491 e. The molecule has 4 rings (SSSR count). The molecule has 8 nitrogen and oxygen atoms in total. The van der Waals surface area contributed by atoms with Crippen LogP contribution >= 0.6 is 11.3 Å². The van der Waals surface area contributed by atoms with Gasteiger partial charge < -0.3 is 9.64 Å². The van der Waals surface area contributed by atoms with Crippen molar-refractivity contribution in [3.8, 4) is 26.9 Å². The van der Waals surface area contributed by atoms with Gasteiger partial charge in [-0.15, -0.1) is 10.2 Å². The van der Waals surface area contributed by atoms with Crippen LogP contribution in [0.3, 0.4) is 0 Å². The van der Waals surface area contributed by atoms with Gasteiger partial charge in [0, 0.05) is 31.3 Å². The molecule has 35 heavy (non-hydrogen) atoms. The van der Waals surface area contributed by atoms with Crippen molar-refractivity contribution in [1.29, 1.82) is 0 Å². The van der Waals surface area contributed by atoms with Crippen molar-refractivity contribution >= 4 is 27.3 Å². The van der Waals surface area contributed by atoms with Crippen LogP contribution in [0.1, 0.15) is 43.0 Å². The molecule has 0 bridgehead atoms. The third kappa shape index (κ3) is 5.71. The van der Waals surface area contributed by atoms with Crippen molar-refractivity contribution < 1.29 is 17.9 Å². The van der Waals surface area contributed by atoms with Gasteiger partial charge in [0.05, 0.1) is 6.10 Å². The molecule has 1 amide bonds. The second-order valence-electron chi connectivity index (χ2n) is 9.19. The van der Waals surface area contributed by atoms with Crippen molar-refractivity contribution in [1.82, 2.24) is 19.8 Å². The van der Waals surface area contributed by atoms with Gasteiger partial charge in [0.25, 0.3) is 0 Å². The maximum absolute atomic E-state index is 12.5. The van der Waals surface area contributed by atoms with Crippen LogP contribution in [0.2, 0.25) is 0 Å². The zero-order valence-corrected chi connectivity index (χ0v) is 22.2. The Kier molecular flexibility index (Phi) is 7.25. The highest BCUT2D eigenvalue weighted by Crippen LogP contribution is 2.40. The lowest BCUT2D eigenvalue weighted by molar-refractivity contribution is -0.125. The van der Waals surface area contributed by atoms with Gasteiger partial charge in [0.15, 0.2) is 0 Å². The number of aryl methyl sites for hydroxylation is 1. The Labute approximate surface area is 210 Å². The van der Waals surface area contributed by atoms with Crippen LogP contribution in [0.5, 0.6) is 5.75 Å². The smallest absolute Gasteiger partial charge is 0.238 e. The molecule has 0 saturated heterocycles. The number of ether oxygens (including phenoxy) is 1. The second kappa shape index (κ2) is 10.0. The summed E-state index contributed by atoms with van der Waals surface area (Å²) in [6.45, 7) is 6.02. The van der Waals surface area contributed by atoms with Crippen LogP contribution in [0.25, 0.3) is 21.1 Å². The third-order valence-electron chi connectivity index (χ3n) is 5.84. The zero-order chi connectivity index (χ0) is 25.3. The number of nitrogens with zero attached hydrogens (tertiary/aromatic N) is 3. The SMILES string of the molecule is Cc1cc(-c2nnc(-c3cccc4c3CC[C@@H]4NS(=O)(=O)CC(=O)N(C)C)s2)ccc1OC(C)C. The van der Waals surface area contributed by atoms with E-state index in [1.165, 1.54) is 16.2 Å². The van der Waals surface area contributed by atoms with Gasteiger partial charge in [0.1, 0.15) is 21.5 Å². The highest BCUT2D eigenvalue weighted by atomic mass is 32.2. The van der Waals surface area contributed by atoms with Gasteiger partial charge >= 0.3 is 0 Å². The predicted molar refractivity (Wildman–Crippen MR) is 138 cm³/mol. The lowest BCUT2D eigenvalue weighted by atomic mass is 10.0. The number of rotatable bonds is 8. The molecule has 186 valence electrons. The number of fused-ring (bicyclic) bond motifs is 1. The van der Waals surface area contributed by atoms with E-state index in [2.05, 4.69) is 21.0 Å². The van der Waals surface area contributed by atoms with Crippen molar-refractivity contribution in [2.45, 2.75) is 45.8 Å². The van der Waals surface area contributed by atoms with Crippen LogP contribution in [0.15, 0.2) is 36.4 Å². The number of hydrogen-bond acceptors (Lipinski definition) is 7. The lowest BCUT2D eigenvalue weighted by Gasteiger charge is -2.16. The first-order chi connectivity index (χ1) is 16.5. The van der Waals surface area contributed by atoms with Gasteiger partial charge in [-0.05, 0) is 68.5 Å². The molecule has 1 N–H and O–H groups in total. The maximum atomic E-state index is 12.5. The second-order valence-corrected chi connectivity index (χ2v) is 11.9. The molecule has 0 radical (unpaired) electrons. The normalized spacial score (nSPS) is 15.3. The number of nitrogens with one attached hydrogen (secondary N) is 1. The first-order valence-corrected chi connectivity index (χ1v) is 13.9. The molecule has 0 saturated carbocycles. The predicted octanol–water partition coefficient (Wildman–Crippen LogP) is 3.96. The van der Waals surface area contributed by atoms with E-state index >= 15 is 0 Å². The summed E-state index contributed by atoms with van der Waals surface area (Å²) in [7, 11) is -0.669. The molecular weight excluding hydrogens is 484 g/mol. The molecule has 3 aromatic rings. The Hall–Kier alpha value is -2.82. The first kappa shape index (κ1) is 25.3. The molecule has 0 aliphatic heterocycles. The molecule has 10 heteroatoms. The van der Waals surface area contributed by atoms with E-state index in [0.717, 1.165) is 50.0 Å². The lowest BCUT2D eigenvalue weighted by Crippen LogP contribution is -2.37. The number of sulfonamides is 1. The molecule has 0 spiro atoms. The largest absolute Gasteiger partial charge is 0.491 e. The van der Waals surface area contributed by atoms with Gasteiger partial charge in [0.2, 0.25) is 15.9 Å². The molecule has 0 unspecified atom stereocenters. The van der Waals surface area contributed by atoms with Crippen molar-refractivity contribution in [3.63, 3.8) is 0 Å². The zero-order valence-electron chi connectivity index (χ0n) is 20.5. The van der Waals surface area contributed by atoms with Crippen LogP contribution in [0.4, 0.5) is 0 Å². The number of amides is 1. The summed E-state index contributed by atoms with van der Waals surface area (Å²) in [6.07, 6.45) is 1.45. The van der Waals surface area contributed by atoms with Crippen molar-refractivity contribution in [2.24, 2.45) is 0 Å². The fourth-order valence-electron chi connectivity index (χ4n) is 4.14. The first-order valence-electron chi connectivity index (χ1n) is 11.5. The summed E-state index contributed by atoms with van der Waals surface area (Å²) in [5.41, 5.74) is 4.97. The molecule has 1 atom stereocenters. The number of benzene rings is 2. The van der Waals surface area contributed by atoms with Crippen LogP contribution in [-0.4, -0.2) is 55.4 Å². The summed E-state index contributed by atoms with van der Waals surface area (Å²) in [5.74, 6) is -0.161. The fraction of sp³-hybridized carbons (Fsp3) is 0.400. The summed E-state index contributed by atoms with van der Waals surface area (Å²) in [6, 6.07) is 11.5. The molecule has 1 aromatic heterocycles. The minimum absolute atomic E-state index is 0.106. The average Bonchev–Trinajstić information content (AvgIpc) is 3.42. The molecule has 2 aromatic carbocycles. The summed E-state index contributed by atoms with van der Waals surface area (Å²) in [5, 5.41) is 10.5. The molecule has 1 aliphatic carbocycles. The maximum Gasteiger partial charge on any atom is 0.238 e. The molecule has 1 heterocycles. The average molecular weight is 515 g/mol. The minimum atomic E-state index is -3.75. The van der Waals surface area contributed by atoms with Crippen molar-refractivity contribution in [2.75, 3.05) is 19.8 Å². The monoisotopic (exact) mass is 514 g/mol. The van der Waals surface area contributed by atoms with Gasteiger partial charge in [-0.25, -0.2) is 13.1 Å². The van der Waals surface area contributed by atoms with Crippen LogP contribution in [0, 0.1) is 6.92 Å². The number of hydrogen-bond donors (Lipinski definition) is 1. The Morgan fingerprint density at radius 1 is 1.20 bits per heavy atom. The van der Waals surface area contributed by atoms with E-state index in [1.54, 1.807) is 14.1 Å². The molecule has 0 fully saturated rings. The molecular formula is C25H30N4O4S2. The quantitative estimate of drug-likeness (QED) is 0.488. The highest BCUT2D eigenvalue weighted by Gasteiger charge is 2.30. The van der Waals surface area contributed by atoms with Crippen LogP contribution < -0.4 is 9.46 Å². The Morgan fingerprint density at radius 2 is 1.94 bits per heavy atom. The van der Waals surface area contributed by atoms with E-state index < -0.39 is 21.7 Å². The Morgan fingerprint density at radius 3 is 2.63 bits per heavy atom. The van der Waals surface area contributed by atoms with E-state index in [0.29, 0.717) is 6.42 Å². The van der Waals surface area contributed by atoms with Crippen LogP contribution in [-0.2, 0) is 21.2 Å². The van der Waals surface area contributed by atoms with Gasteiger partial charge in [-0.3, -0.25) is 4.79 Å². The molecule has 1 aliphatic rings. The topological polar surface area (TPSA) is 101 Å². The standard InChI is InChI=1S/C25H30N4O4S2/c1-15(2)33-22-12-9-17(13-16(22)3)24-26-27-25(34-24)20-8-6-7-19-18(20)10-11-21(19)28-35(31,32)14-23(30)29(4)5/h6-9,12-13,15,21,28H,10-11,14H2,1-5H3/t21-/m0/s1. The number of carbonyl (C=O) groups excluding carboxylic acids is 1. The van der Waals surface area contributed by atoms with E-state index in [-0.39, 0.29) is 12.1 Å². The van der Waals surface area contributed by atoms with E-state index in [9.17, 15) is 13.2 Å². The van der Waals surface area contributed by atoms with Gasteiger partial charge in [-0.1, -0.05) is 29.5 Å².